The average Bonchev–Trinajstić information content (AvgIpc) is 3.36. The molecule has 3 heterocycles. The van der Waals surface area contributed by atoms with Crippen LogP contribution < -0.4 is 15.5 Å². The lowest BCUT2D eigenvalue weighted by Crippen LogP contribution is -2.50. The summed E-state index contributed by atoms with van der Waals surface area (Å²) in [5.41, 5.74) is 2.64. The second-order valence-corrected chi connectivity index (χ2v) is 9.31. The van der Waals surface area contributed by atoms with E-state index in [0.717, 1.165) is 64.7 Å². The smallest absolute Gasteiger partial charge is 0.191 e. The zero-order chi connectivity index (χ0) is 21.5. The van der Waals surface area contributed by atoms with Gasteiger partial charge in [0.25, 0.3) is 0 Å². The van der Waals surface area contributed by atoms with E-state index in [1.165, 1.54) is 16.1 Å². The Morgan fingerprint density at radius 1 is 1.12 bits per heavy atom. The number of benzene rings is 1. The summed E-state index contributed by atoms with van der Waals surface area (Å²) in [4.78, 5) is 9.53. The van der Waals surface area contributed by atoms with E-state index in [1.54, 1.807) is 0 Å². The van der Waals surface area contributed by atoms with Crippen molar-refractivity contribution < 1.29 is 4.74 Å². The minimum absolute atomic E-state index is 0. The van der Waals surface area contributed by atoms with Gasteiger partial charge in [-0.1, -0.05) is 29.8 Å². The van der Waals surface area contributed by atoms with Crippen LogP contribution in [0, 0.1) is 6.92 Å². The number of anilines is 1. The Labute approximate surface area is 213 Å². The van der Waals surface area contributed by atoms with E-state index in [4.69, 9.17) is 4.74 Å². The molecule has 8 heteroatoms. The van der Waals surface area contributed by atoms with Crippen LogP contribution in [0.2, 0.25) is 0 Å². The van der Waals surface area contributed by atoms with E-state index in [-0.39, 0.29) is 24.0 Å². The highest BCUT2D eigenvalue weighted by Crippen LogP contribution is 2.25. The van der Waals surface area contributed by atoms with Crippen molar-refractivity contribution in [2.24, 2.45) is 4.99 Å². The van der Waals surface area contributed by atoms with E-state index in [0.29, 0.717) is 12.1 Å². The van der Waals surface area contributed by atoms with E-state index in [2.05, 4.69) is 74.1 Å². The van der Waals surface area contributed by atoms with Crippen LogP contribution in [0.15, 0.2) is 46.8 Å². The maximum Gasteiger partial charge on any atom is 0.191 e. The number of hydrogen-bond acceptors (Lipinski definition) is 5. The number of aryl methyl sites for hydroxylation is 1. The summed E-state index contributed by atoms with van der Waals surface area (Å²) < 4.78 is 5.59. The Hall–Kier alpha value is -1.36. The summed E-state index contributed by atoms with van der Waals surface area (Å²) in [7, 11) is 1.87. The van der Waals surface area contributed by atoms with Crippen LogP contribution in [0.5, 0.6) is 0 Å². The number of rotatable bonds is 6. The first kappa shape index (κ1) is 25.3. The van der Waals surface area contributed by atoms with Crippen LogP contribution in [0.1, 0.15) is 30.0 Å². The van der Waals surface area contributed by atoms with Crippen molar-refractivity contribution in [2.75, 3.05) is 57.9 Å². The number of nitrogens with zero attached hydrogens (tertiary/aromatic N) is 3. The molecule has 2 aliphatic heterocycles. The largest absolute Gasteiger partial charge is 0.379 e. The number of aliphatic imine (C=N–C) groups is 1. The lowest BCUT2D eigenvalue weighted by Gasteiger charge is -2.36. The first-order valence-electron chi connectivity index (χ1n) is 11.4. The Morgan fingerprint density at radius 3 is 2.47 bits per heavy atom. The molecule has 2 aliphatic rings. The van der Waals surface area contributed by atoms with Crippen LogP contribution in [-0.2, 0) is 4.74 Å². The maximum atomic E-state index is 5.59. The highest BCUT2D eigenvalue weighted by Gasteiger charge is 2.24. The number of piperidine rings is 1. The summed E-state index contributed by atoms with van der Waals surface area (Å²) in [6.45, 7) is 8.69. The third kappa shape index (κ3) is 6.82. The molecule has 2 N–H and O–H groups in total. The van der Waals surface area contributed by atoms with Gasteiger partial charge in [0.1, 0.15) is 0 Å². The van der Waals surface area contributed by atoms with Crippen LogP contribution in [0.4, 0.5) is 5.00 Å². The lowest BCUT2D eigenvalue weighted by atomic mass is 10.0. The summed E-state index contributed by atoms with van der Waals surface area (Å²) in [5.74, 6) is 0.903. The van der Waals surface area contributed by atoms with Crippen LogP contribution >= 0.6 is 35.3 Å². The third-order valence-corrected chi connectivity index (χ3v) is 7.22. The van der Waals surface area contributed by atoms with Gasteiger partial charge in [-0.2, -0.15) is 0 Å². The number of guanidine groups is 1. The minimum Gasteiger partial charge on any atom is -0.379 e. The van der Waals surface area contributed by atoms with Crippen molar-refractivity contribution in [1.82, 2.24) is 15.5 Å². The van der Waals surface area contributed by atoms with Gasteiger partial charge in [0.05, 0.1) is 24.3 Å². The van der Waals surface area contributed by atoms with Crippen molar-refractivity contribution in [3.63, 3.8) is 0 Å². The molecule has 0 radical (unpaired) electrons. The maximum absolute atomic E-state index is 5.59. The Kier molecular flexibility index (Phi) is 10.1. The average molecular weight is 570 g/mol. The molecular formula is C24H36IN5OS. The molecule has 0 bridgehead atoms. The van der Waals surface area contributed by atoms with E-state index >= 15 is 0 Å². The molecule has 2 fully saturated rings. The molecule has 2 saturated heterocycles. The molecule has 1 atom stereocenters. The molecule has 0 saturated carbocycles. The van der Waals surface area contributed by atoms with Crippen LogP contribution in [0.25, 0.3) is 0 Å². The van der Waals surface area contributed by atoms with Crippen molar-refractivity contribution in [3.8, 4) is 0 Å². The van der Waals surface area contributed by atoms with Gasteiger partial charge in [0, 0.05) is 45.8 Å². The molecular weight excluding hydrogens is 533 g/mol. The van der Waals surface area contributed by atoms with Gasteiger partial charge in [0.15, 0.2) is 5.96 Å². The predicted octanol–water partition coefficient (Wildman–Crippen LogP) is 3.88. The van der Waals surface area contributed by atoms with Gasteiger partial charge in [-0.15, -0.1) is 35.3 Å². The topological polar surface area (TPSA) is 52.1 Å². The molecule has 0 amide bonds. The normalized spacial score (nSPS) is 19.3. The fourth-order valence-electron chi connectivity index (χ4n) is 4.41. The summed E-state index contributed by atoms with van der Waals surface area (Å²) >= 11 is 1.83. The van der Waals surface area contributed by atoms with Gasteiger partial charge in [0.2, 0.25) is 0 Å². The number of nitrogens with one attached hydrogen (secondary N) is 2. The standard InChI is InChI=1S/C24H35N5OS.HI/c1-19-5-7-20(8-6-19)22(28-13-15-30-16-14-28)18-26-24(25-2)27-21-9-11-29(12-10-21)23-4-3-17-31-23;/h3-8,17,21-22H,9-16,18H2,1-2H3,(H2,25,26,27);1H. The van der Waals surface area contributed by atoms with Gasteiger partial charge in [-0.05, 0) is 42.8 Å². The van der Waals surface area contributed by atoms with Crippen molar-refractivity contribution in [3.05, 3.63) is 52.9 Å². The second-order valence-electron chi connectivity index (χ2n) is 8.38. The number of hydrogen-bond donors (Lipinski definition) is 2. The molecule has 0 aliphatic carbocycles. The molecule has 1 aromatic heterocycles. The van der Waals surface area contributed by atoms with Gasteiger partial charge < -0.3 is 20.3 Å². The molecule has 6 nitrogen and oxygen atoms in total. The summed E-state index contributed by atoms with van der Waals surface area (Å²) in [6, 6.07) is 14.0. The third-order valence-electron chi connectivity index (χ3n) is 6.29. The van der Waals surface area contributed by atoms with Gasteiger partial charge in [-0.3, -0.25) is 9.89 Å². The Balaban J connectivity index is 0.00000289. The van der Waals surface area contributed by atoms with Crippen LogP contribution in [-0.4, -0.2) is 69.9 Å². The highest BCUT2D eigenvalue weighted by molar-refractivity contribution is 14.0. The van der Waals surface area contributed by atoms with E-state index in [9.17, 15) is 0 Å². The summed E-state index contributed by atoms with van der Waals surface area (Å²) in [6.07, 6.45) is 2.26. The molecule has 4 rings (SSSR count). The quantitative estimate of drug-likeness (QED) is 0.314. The Morgan fingerprint density at radius 2 is 1.84 bits per heavy atom. The number of ether oxygens (including phenoxy) is 1. The molecule has 2 aromatic rings. The minimum atomic E-state index is 0. The van der Waals surface area contributed by atoms with E-state index < -0.39 is 0 Å². The first-order valence-corrected chi connectivity index (χ1v) is 12.2. The molecule has 32 heavy (non-hydrogen) atoms. The SMILES string of the molecule is CN=C(NCC(c1ccc(C)cc1)N1CCOCC1)NC1CCN(c2cccs2)CC1.I. The first-order chi connectivity index (χ1) is 15.2. The lowest BCUT2D eigenvalue weighted by molar-refractivity contribution is 0.0170. The molecule has 1 aromatic carbocycles. The van der Waals surface area contributed by atoms with Crippen molar-refractivity contribution in [1.29, 1.82) is 0 Å². The number of morpholine rings is 1. The predicted molar refractivity (Wildman–Crippen MR) is 146 cm³/mol. The van der Waals surface area contributed by atoms with Gasteiger partial charge in [-0.25, -0.2) is 0 Å². The van der Waals surface area contributed by atoms with Crippen LogP contribution in [0.3, 0.4) is 0 Å². The highest BCUT2D eigenvalue weighted by atomic mass is 127. The van der Waals surface area contributed by atoms with Crippen molar-refractivity contribution >= 4 is 46.3 Å². The van der Waals surface area contributed by atoms with Crippen molar-refractivity contribution in [2.45, 2.75) is 31.8 Å². The second kappa shape index (κ2) is 12.8. The zero-order valence-electron chi connectivity index (χ0n) is 19.1. The van der Waals surface area contributed by atoms with Gasteiger partial charge >= 0.3 is 0 Å². The Bertz CT molecular complexity index is 815. The number of thiophene rings is 1. The number of halogens is 1. The molecule has 0 spiro atoms. The fourth-order valence-corrected chi connectivity index (χ4v) is 5.20. The van der Waals surface area contributed by atoms with E-state index in [1.807, 2.05) is 18.4 Å². The molecule has 176 valence electrons. The fraction of sp³-hybridized carbons (Fsp3) is 0.542. The molecule has 1 unspecified atom stereocenters. The monoisotopic (exact) mass is 569 g/mol. The summed E-state index contributed by atoms with van der Waals surface area (Å²) in [5, 5.41) is 10.8. The zero-order valence-corrected chi connectivity index (χ0v) is 22.3.